The molecule has 0 spiro atoms. The molecule has 2 atom stereocenters. The predicted octanol–water partition coefficient (Wildman–Crippen LogP) is 2.81. The summed E-state index contributed by atoms with van der Waals surface area (Å²) in [7, 11) is 0. The van der Waals surface area contributed by atoms with E-state index in [2.05, 4.69) is 6.07 Å². The predicted molar refractivity (Wildman–Crippen MR) is 54.6 cm³/mol. The van der Waals surface area contributed by atoms with Crippen LogP contribution in [0.5, 0.6) is 0 Å². The molecule has 1 heterocycles. The molecule has 5 heteroatoms. The van der Waals surface area contributed by atoms with Crippen LogP contribution in [-0.2, 0) is 0 Å². The minimum atomic E-state index is -4.13. The van der Waals surface area contributed by atoms with Crippen LogP contribution in [0.4, 0.5) is 13.2 Å². The van der Waals surface area contributed by atoms with E-state index >= 15 is 0 Å². The fourth-order valence-electron chi connectivity index (χ4n) is 2.18. The Morgan fingerprint density at radius 2 is 2.00 bits per heavy atom. The Morgan fingerprint density at radius 1 is 1.38 bits per heavy atom. The fourth-order valence-corrected chi connectivity index (χ4v) is 2.18. The molecule has 0 aromatic heterocycles. The standard InChI is InChI=1S/C11H17F3N2/c1-8(2)10(6-15)16-5-3-4-9(7-16)11(12,13)14/h8-10H,3-5,7H2,1-2H3/t9-,10+/m1/s1. The van der Waals surface area contributed by atoms with Crippen LogP contribution in [0, 0.1) is 23.2 Å². The van der Waals surface area contributed by atoms with Gasteiger partial charge in [-0.2, -0.15) is 18.4 Å². The van der Waals surface area contributed by atoms with Crippen LogP contribution in [0.2, 0.25) is 0 Å². The molecule has 16 heavy (non-hydrogen) atoms. The molecule has 0 unspecified atom stereocenters. The van der Waals surface area contributed by atoms with E-state index in [-0.39, 0.29) is 18.9 Å². The molecule has 0 aromatic rings. The van der Waals surface area contributed by atoms with Crippen molar-refractivity contribution in [2.75, 3.05) is 13.1 Å². The molecular weight excluding hydrogens is 217 g/mol. The first-order chi connectivity index (χ1) is 7.36. The number of nitriles is 1. The average Bonchev–Trinajstić information content (AvgIpc) is 2.17. The summed E-state index contributed by atoms with van der Waals surface area (Å²) in [6.07, 6.45) is -3.42. The van der Waals surface area contributed by atoms with Gasteiger partial charge < -0.3 is 0 Å². The van der Waals surface area contributed by atoms with Crippen LogP contribution in [0.15, 0.2) is 0 Å². The molecular formula is C11H17F3N2. The molecule has 0 bridgehead atoms. The molecule has 2 nitrogen and oxygen atoms in total. The molecule has 1 saturated heterocycles. The highest BCUT2D eigenvalue weighted by molar-refractivity contribution is 4.96. The van der Waals surface area contributed by atoms with Crippen LogP contribution in [0.3, 0.4) is 0 Å². The second-order valence-corrected chi connectivity index (χ2v) is 4.69. The van der Waals surface area contributed by atoms with Gasteiger partial charge in [-0.25, -0.2) is 0 Å². The van der Waals surface area contributed by atoms with Crippen LogP contribution < -0.4 is 0 Å². The van der Waals surface area contributed by atoms with Crippen molar-refractivity contribution in [3.8, 4) is 6.07 Å². The third-order valence-electron chi connectivity index (χ3n) is 3.07. The van der Waals surface area contributed by atoms with Crippen LogP contribution in [0.25, 0.3) is 0 Å². The van der Waals surface area contributed by atoms with Gasteiger partial charge in [0.1, 0.15) is 6.04 Å². The van der Waals surface area contributed by atoms with Gasteiger partial charge in [0.2, 0.25) is 0 Å². The minimum Gasteiger partial charge on any atom is -0.287 e. The number of likely N-dealkylation sites (tertiary alicyclic amines) is 1. The quantitative estimate of drug-likeness (QED) is 0.734. The maximum absolute atomic E-state index is 12.6. The molecule has 0 N–H and O–H groups in total. The Morgan fingerprint density at radius 3 is 2.44 bits per heavy atom. The van der Waals surface area contributed by atoms with E-state index in [1.807, 2.05) is 13.8 Å². The monoisotopic (exact) mass is 234 g/mol. The average molecular weight is 234 g/mol. The maximum Gasteiger partial charge on any atom is 0.393 e. The van der Waals surface area contributed by atoms with Gasteiger partial charge in [0.25, 0.3) is 0 Å². The van der Waals surface area contributed by atoms with Gasteiger partial charge in [-0.15, -0.1) is 0 Å². The van der Waals surface area contributed by atoms with Crippen molar-refractivity contribution in [1.29, 1.82) is 5.26 Å². The number of hydrogen-bond donors (Lipinski definition) is 0. The highest BCUT2D eigenvalue weighted by Crippen LogP contribution is 2.34. The summed E-state index contributed by atoms with van der Waals surface area (Å²) < 4.78 is 37.7. The second-order valence-electron chi connectivity index (χ2n) is 4.69. The highest BCUT2D eigenvalue weighted by Gasteiger charge is 2.43. The normalized spacial score (nSPS) is 25.4. The summed E-state index contributed by atoms with van der Waals surface area (Å²) in [6, 6.07) is 1.70. The molecule has 1 fully saturated rings. The van der Waals surface area contributed by atoms with E-state index in [0.29, 0.717) is 13.0 Å². The Hall–Kier alpha value is -0.760. The zero-order valence-electron chi connectivity index (χ0n) is 9.59. The molecule has 1 aliphatic rings. The molecule has 0 radical (unpaired) electrons. The zero-order chi connectivity index (χ0) is 12.3. The van der Waals surface area contributed by atoms with Crippen LogP contribution >= 0.6 is 0 Å². The summed E-state index contributed by atoms with van der Waals surface area (Å²) in [5.74, 6) is -1.20. The SMILES string of the molecule is CC(C)[C@H](C#N)N1CCC[C@@H](C(F)(F)F)C1. The topological polar surface area (TPSA) is 27.0 Å². The smallest absolute Gasteiger partial charge is 0.287 e. The van der Waals surface area contributed by atoms with Gasteiger partial charge in [-0.1, -0.05) is 13.8 Å². The third kappa shape index (κ3) is 3.11. The largest absolute Gasteiger partial charge is 0.393 e. The first-order valence-corrected chi connectivity index (χ1v) is 5.56. The Kier molecular flexibility index (Phi) is 4.20. The first-order valence-electron chi connectivity index (χ1n) is 5.56. The molecule has 92 valence electrons. The molecule has 1 aliphatic heterocycles. The van der Waals surface area contributed by atoms with E-state index in [9.17, 15) is 13.2 Å². The van der Waals surface area contributed by atoms with E-state index in [1.54, 1.807) is 4.90 Å². The van der Waals surface area contributed by atoms with Gasteiger partial charge in [-0.3, -0.25) is 4.90 Å². The minimum absolute atomic E-state index is 0.0279. The summed E-state index contributed by atoms with van der Waals surface area (Å²) in [5.41, 5.74) is 0. The number of halogens is 3. The van der Waals surface area contributed by atoms with E-state index in [0.717, 1.165) is 0 Å². The van der Waals surface area contributed by atoms with Gasteiger partial charge in [0.05, 0.1) is 12.0 Å². The maximum atomic E-state index is 12.6. The van der Waals surface area contributed by atoms with Crippen molar-refractivity contribution < 1.29 is 13.2 Å². The van der Waals surface area contributed by atoms with Crippen molar-refractivity contribution in [3.05, 3.63) is 0 Å². The Labute approximate surface area is 94.0 Å². The lowest BCUT2D eigenvalue weighted by molar-refractivity contribution is -0.188. The first kappa shape index (κ1) is 13.3. The third-order valence-corrected chi connectivity index (χ3v) is 3.07. The summed E-state index contributed by atoms with van der Waals surface area (Å²) in [5, 5.41) is 8.96. The van der Waals surface area contributed by atoms with E-state index in [1.165, 1.54) is 0 Å². The lowest BCUT2D eigenvalue weighted by Gasteiger charge is -2.37. The summed E-state index contributed by atoms with van der Waals surface area (Å²) in [6.45, 7) is 4.30. The number of rotatable bonds is 2. The zero-order valence-corrected chi connectivity index (χ0v) is 9.59. The van der Waals surface area contributed by atoms with Gasteiger partial charge in [0, 0.05) is 6.54 Å². The van der Waals surface area contributed by atoms with Gasteiger partial charge >= 0.3 is 6.18 Å². The lowest BCUT2D eigenvalue weighted by Crippen LogP contribution is -2.47. The van der Waals surface area contributed by atoms with Crippen molar-refractivity contribution in [2.24, 2.45) is 11.8 Å². The van der Waals surface area contributed by atoms with Gasteiger partial charge in [-0.05, 0) is 25.3 Å². The number of hydrogen-bond acceptors (Lipinski definition) is 2. The van der Waals surface area contributed by atoms with Crippen molar-refractivity contribution in [2.45, 2.75) is 38.9 Å². The van der Waals surface area contributed by atoms with Crippen LogP contribution in [0.1, 0.15) is 26.7 Å². The molecule has 0 aromatic carbocycles. The van der Waals surface area contributed by atoms with E-state index in [4.69, 9.17) is 5.26 Å². The second kappa shape index (κ2) is 5.05. The summed E-state index contributed by atoms with van der Waals surface area (Å²) >= 11 is 0. The number of piperidine rings is 1. The van der Waals surface area contributed by atoms with Gasteiger partial charge in [0.15, 0.2) is 0 Å². The lowest BCUT2D eigenvalue weighted by atomic mass is 9.94. The number of nitrogens with zero attached hydrogens (tertiary/aromatic N) is 2. The summed E-state index contributed by atoms with van der Waals surface area (Å²) in [4.78, 5) is 1.67. The van der Waals surface area contributed by atoms with Crippen LogP contribution in [-0.4, -0.2) is 30.2 Å². The fraction of sp³-hybridized carbons (Fsp3) is 0.909. The molecule has 1 rings (SSSR count). The van der Waals surface area contributed by atoms with Crippen molar-refractivity contribution in [3.63, 3.8) is 0 Å². The molecule has 0 amide bonds. The Balaban J connectivity index is 2.67. The van der Waals surface area contributed by atoms with E-state index < -0.39 is 18.1 Å². The molecule has 0 saturated carbocycles. The van der Waals surface area contributed by atoms with Crippen molar-refractivity contribution in [1.82, 2.24) is 4.90 Å². The Bertz CT molecular complexity index is 267. The number of alkyl halides is 3. The molecule has 0 aliphatic carbocycles. The van der Waals surface area contributed by atoms with Crippen molar-refractivity contribution >= 4 is 0 Å². The highest BCUT2D eigenvalue weighted by atomic mass is 19.4.